The first-order valence-electron chi connectivity index (χ1n) is 8.36. The molecule has 1 aliphatic heterocycles. The van der Waals surface area contributed by atoms with Crippen LogP contribution >= 0.6 is 0 Å². The minimum Gasteiger partial charge on any atom is -0.477 e. The van der Waals surface area contributed by atoms with Gasteiger partial charge < -0.3 is 15.0 Å². The lowest BCUT2D eigenvalue weighted by Gasteiger charge is -2.30. The number of benzene rings is 1. The summed E-state index contributed by atoms with van der Waals surface area (Å²) >= 11 is 0. The van der Waals surface area contributed by atoms with Crippen molar-refractivity contribution in [1.29, 1.82) is 0 Å². The highest BCUT2D eigenvalue weighted by molar-refractivity contribution is 5.99. The molecule has 1 N–H and O–H groups in total. The van der Waals surface area contributed by atoms with Crippen molar-refractivity contribution in [2.75, 3.05) is 18.1 Å². The maximum Gasteiger partial charge on any atom is 0.257 e. The lowest BCUT2D eigenvalue weighted by molar-refractivity contribution is -0.122. The van der Waals surface area contributed by atoms with Crippen molar-refractivity contribution in [2.24, 2.45) is 0 Å². The van der Waals surface area contributed by atoms with Crippen LogP contribution in [0.1, 0.15) is 35.0 Å². The lowest BCUT2D eigenvalue weighted by Crippen LogP contribution is -2.43. The first-order valence-corrected chi connectivity index (χ1v) is 8.36. The smallest absolute Gasteiger partial charge is 0.257 e. The number of aryl methyl sites for hydroxylation is 1. The third-order valence-corrected chi connectivity index (χ3v) is 4.05. The van der Waals surface area contributed by atoms with Gasteiger partial charge in [0.05, 0.1) is 6.61 Å². The van der Waals surface area contributed by atoms with Crippen LogP contribution in [0.15, 0.2) is 36.4 Å². The topological polar surface area (TPSA) is 71.5 Å². The van der Waals surface area contributed by atoms with Gasteiger partial charge in [-0.2, -0.15) is 0 Å². The van der Waals surface area contributed by atoms with Crippen LogP contribution in [-0.2, 0) is 11.3 Å². The Hall–Kier alpha value is -2.89. The SMILES string of the molecule is CCOc1nc(C)ccc1C(=O)NCc1cccc(N2CCC2=O)c1. The summed E-state index contributed by atoms with van der Waals surface area (Å²) in [4.78, 5) is 30.0. The van der Waals surface area contributed by atoms with Crippen molar-refractivity contribution in [1.82, 2.24) is 10.3 Å². The number of amides is 2. The number of hydrogen-bond acceptors (Lipinski definition) is 4. The predicted octanol–water partition coefficient (Wildman–Crippen LogP) is 2.46. The maximum atomic E-state index is 12.5. The molecule has 6 nitrogen and oxygen atoms in total. The van der Waals surface area contributed by atoms with Crippen LogP contribution in [0.4, 0.5) is 5.69 Å². The molecule has 1 saturated heterocycles. The fraction of sp³-hybridized carbons (Fsp3) is 0.316. The van der Waals surface area contributed by atoms with Crippen LogP contribution in [0.3, 0.4) is 0 Å². The number of carbonyl (C=O) groups is 2. The number of aromatic nitrogens is 1. The van der Waals surface area contributed by atoms with Gasteiger partial charge in [0.1, 0.15) is 5.56 Å². The van der Waals surface area contributed by atoms with Gasteiger partial charge in [-0.05, 0) is 43.7 Å². The molecule has 1 aliphatic rings. The molecule has 1 aromatic heterocycles. The Morgan fingerprint density at radius 2 is 2.16 bits per heavy atom. The summed E-state index contributed by atoms with van der Waals surface area (Å²) in [5.41, 5.74) is 3.02. The zero-order valence-electron chi connectivity index (χ0n) is 14.4. The molecule has 3 rings (SSSR count). The third kappa shape index (κ3) is 3.79. The number of hydrogen-bond donors (Lipinski definition) is 1. The number of anilines is 1. The van der Waals surface area contributed by atoms with Crippen LogP contribution in [0.2, 0.25) is 0 Å². The van der Waals surface area contributed by atoms with E-state index in [1.54, 1.807) is 17.0 Å². The molecule has 1 fully saturated rings. The van der Waals surface area contributed by atoms with Gasteiger partial charge in [-0.15, -0.1) is 0 Å². The predicted molar refractivity (Wildman–Crippen MR) is 94.7 cm³/mol. The molecule has 2 amide bonds. The van der Waals surface area contributed by atoms with Crippen molar-refractivity contribution in [2.45, 2.75) is 26.8 Å². The van der Waals surface area contributed by atoms with Gasteiger partial charge in [-0.25, -0.2) is 4.98 Å². The van der Waals surface area contributed by atoms with E-state index in [4.69, 9.17) is 4.74 Å². The molecule has 2 heterocycles. The molecular weight excluding hydrogens is 318 g/mol. The van der Waals surface area contributed by atoms with Crippen molar-refractivity contribution < 1.29 is 14.3 Å². The van der Waals surface area contributed by atoms with E-state index in [1.165, 1.54) is 0 Å². The Morgan fingerprint density at radius 3 is 2.84 bits per heavy atom. The van der Waals surface area contributed by atoms with Crippen LogP contribution in [-0.4, -0.2) is 29.9 Å². The number of nitrogens with zero attached hydrogens (tertiary/aromatic N) is 2. The summed E-state index contributed by atoms with van der Waals surface area (Å²) < 4.78 is 5.46. The van der Waals surface area contributed by atoms with Crippen molar-refractivity contribution in [3.8, 4) is 5.88 Å². The fourth-order valence-corrected chi connectivity index (χ4v) is 2.65. The van der Waals surface area contributed by atoms with E-state index < -0.39 is 0 Å². The summed E-state index contributed by atoms with van der Waals surface area (Å²) in [6, 6.07) is 11.1. The molecule has 1 aromatic carbocycles. The number of β-lactam (4-membered cyclic amide) rings is 1. The molecule has 6 heteroatoms. The van der Waals surface area contributed by atoms with Gasteiger partial charge in [0.25, 0.3) is 5.91 Å². The van der Waals surface area contributed by atoms with Gasteiger partial charge >= 0.3 is 0 Å². The van der Waals surface area contributed by atoms with Crippen molar-refractivity contribution >= 4 is 17.5 Å². The molecule has 0 spiro atoms. The zero-order valence-corrected chi connectivity index (χ0v) is 14.4. The summed E-state index contributed by atoms with van der Waals surface area (Å²) in [6.45, 7) is 5.28. The largest absolute Gasteiger partial charge is 0.477 e. The molecule has 130 valence electrons. The highest BCUT2D eigenvalue weighted by Crippen LogP contribution is 2.23. The summed E-state index contributed by atoms with van der Waals surface area (Å²) in [7, 11) is 0. The summed E-state index contributed by atoms with van der Waals surface area (Å²) in [5, 5.41) is 2.88. The molecule has 0 aliphatic carbocycles. The van der Waals surface area contributed by atoms with Crippen LogP contribution in [0.25, 0.3) is 0 Å². The maximum absolute atomic E-state index is 12.5. The second-order valence-electron chi connectivity index (χ2n) is 5.89. The van der Waals surface area contributed by atoms with Crippen LogP contribution in [0.5, 0.6) is 5.88 Å². The Kier molecular flexibility index (Phi) is 4.97. The quantitative estimate of drug-likeness (QED) is 0.821. The third-order valence-electron chi connectivity index (χ3n) is 4.05. The first kappa shape index (κ1) is 17.0. The fourth-order valence-electron chi connectivity index (χ4n) is 2.65. The van der Waals surface area contributed by atoms with E-state index in [2.05, 4.69) is 10.3 Å². The van der Waals surface area contributed by atoms with E-state index in [0.717, 1.165) is 23.5 Å². The highest BCUT2D eigenvalue weighted by Gasteiger charge is 2.25. The van der Waals surface area contributed by atoms with E-state index in [-0.39, 0.29) is 11.8 Å². The van der Waals surface area contributed by atoms with Crippen LogP contribution < -0.4 is 15.0 Å². The van der Waals surface area contributed by atoms with Crippen LogP contribution in [0, 0.1) is 6.92 Å². The average molecular weight is 339 g/mol. The minimum atomic E-state index is -0.235. The van der Waals surface area contributed by atoms with Gasteiger partial charge in [-0.1, -0.05) is 12.1 Å². The standard InChI is InChI=1S/C19H21N3O3/c1-3-25-19-16(8-7-13(2)21-19)18(24)20-12-14-5-4-6-15(11-14)22-10-9-17(22)23/h4-8,11H,3,9-10,12H2,1-2H3,(H,20,24). The van der Waals surface area contributed by atoms with Crippen molar-refractivity contribution in [3.63, 3.8) is 0 Å². The Balaban J connectivity index is 1.68. The van der Waals surface area contributed by atoms with Gasteiger partial charge in [0, 0.05) is 30.9 Å². The number of nitrogens with one attached hydrogen (secondary N) is 1. The number of ether oxygens (including phenoxy) is 1. The number of carbonyl (C=O) groups excluding carboxylic acids is 2. The monoisotopic (exact) mass is 339 g/mol. The number of pyridine rings is 1. The molecule has 0 saturated carbocycles. The normalized spacial score (nSPS) is 13.4. The Labute approximate surface area is 146 Å². The van der Waals surface area contributed by atoms with E-state index >= 15 is 0 Å². The summed E-state index contributed by atoms with van der Waals surface area (Å²) in [6.07, 6.45) is 0.599. The first-order chi connectivity index (χ1) is 12.1. The Bertz CT molecular complexity index is 804. The van der Waals surface area contributed by atoms with E-state index in [9.17, 15) is 9.59 Å². The van der Waals surface area contributed by atoms with Gasteiger partial charge in [0.15, 0.2) is 0 Å². The molecule has 0 unspecified atom stereocenters. The second kappa shape index (κ2) is 7.34. The van der Waals surface area contributed by atoms with E-state index in [0.29, 0.717) is 31.0 Å². The van der Waals surface area contributed by atoms with Gasteiger partial charge in [0.2, 0.25) is 11.8 Å². The number of rotatable bonds is 6. The average Bonchev–Trinajstić information content (AvgIpc) is 2.59. The minimum absolute atomic E-state index is 0.133. The van der Waals surface area contributed by atoms with Crippen molar-refractivity contribution in [3.05, 3.63) is 53.2 Å². The molecule has 0 radical (unpaired) electrons. The second-order valence-corrected chi connectivity index (χ2v) is 5.89. The molecule has 0 bridgehead atoms. The van der Waals surface area contributed by atoms with E-state index in [1.807, 2.05) is 38.1 Å². The highest BCUT2D eigenvalue weighted by atomic mass is 16.5. The summed E-state index contributed by atoms with van der Waals surface area (Å²) in [5.74, 6) is 0.245. The molecule has 2 aromatic rings. The molecular formula is C19H21N3O3. The lowest BCUT2D eigenvalue weighted by atomic mass is 10.1. The molecule has 25 heavy (non-hydrogen) atoms. The zero-order chi connectivity index (χ0) is 17.8. The van der Waals surface area contributed by atoms with Gasteiger partial charge in [-0.3, -0.25) is 9.59 Å². The Morgan fingerprint density at radius 1 is 1.32 bits per heavy atom. The molecule has 0 atom stereocenters.